The van der Waals surface area contributed by atoms with E-state index in [4.69, 9.17) is 4.74 Å². The molecule has 7 nitrogen and oxygen atoms in total. The molecular weight excluding hydrogens is 565 g/mol. The minimum atomic E-state index is -0.529. The smallest absolute Gasteiger partial charge is 0.337 e. The second kappa shape index (κ2) is 9.38. The third-order valence-electron chi connectivity index (χ3n) is 6.02. The van der Waals surface area contributed by atoms with E-state index < -0.39 is 5.69 Å². The van der Waals surface area contributed by atoms with E-state index in [0.717, 1.165) is 39.7 Å². The molecule has 0 unspecified atom stereocenters. The molecule has 174 valence electrons. The number of carbonyl (C=O) groups excluding carboxylic acids is 1. The predicted molar refractivity (Wildman–Crippen MR) is 143 cm³/mol. The summed E-state index contributed by atoms with van der Waals surface area (Å²) in [6.45, 7) is -0.184. The Balaban J connectivity index is 1.67. The standard InChI is InChI=1S/C25H22IN3O4S/c1-33-16-12-10-15(11-13-16)29-23(31)22-17-6-2-5-9-20(17)34-24(22)28(25(29)32)14-21(30)27-19-8-4-3-7-18(19)26/h3-4,7-8,10-13H,2,5-6,9,14H2,1H3,(H,27,30). The van der Waals surface area contributed by atoms with Gasteiger partial charge in [-0.05, 0) is 90.2 Å². The number of hydrogen-bond donors (Lipinski definition) is 1. The fourth-order valence-corrected chi connectivity index (χ4v) is 6.26. The van der Waals surface area contributed by atoms with Crippen molar-refractivity contribution < 1.29 is 9.53 Å². The Bertz CT molecular complexity index is 1520. The molecule has 5 rings (SSSR count). The number of rotatable bonds is 5. The minimum absolute atomic E-state index is 0.184. The molecule has 2 aromatic heterocycles. The van der Waals surface area contributed by atoms with Crippen molar-refractivity contribution in [1.29, 1.82) is 0 Å². The van der Waals surface area contributed by atoms with Gasteiger partial charge in [-0.15, -0.1) is 11.3 Å². The number of anilines is 1. The zero-order chi connectivity index (χ0) is 23.8. The number of benzene rings is 2. The summed E-state index contributed by atoms with van der Waals surface area (Å²) in [5, 5.41) is 3.45. The maximum Gasteiger partial charge on any atom is 0.337 e. The zero-order valence-corrected chi connectivity index (χ0v) is 21.4. The van der Waals surface area contributed by atoms with Gasteiger partial charge in [0, 0.05) is 8.45 Å². The Labute approximate surface area is 213 Å². The van der Waals surface area contributed by atoms with Crippen molar-refractivity contribution >= 4 is 55.7 Å². The lowest BCUT2D eigenvalue weighted by atomic mass is 9.97. The number of carbonyl (C=O) groups is 1. The summed E-state index contributed by atoms with van der Waals surface area (Å²) < 4.78 is 8.73. The largest absolute Gasteiger partial charge is 0.497 e. The summed E-state index contributed by atoms with van der Waals surface area (Å²) in [5.41, 5.74) is 1.29. The van der Waals surface area contributed by atoms with Crippen LogP contribution in [-0.2, 0) is 24.2 Å². The number of thiophene rings is 1. The Morgan fingerprint density at radius 1 is 1.09 bits per heavy atom. The highest BCUT2D eigenvalue weighted by atomic mass is 127. The van der Waals surface area contributed by atoms with E-state index in [-0.39, 0.29) is 18.0 Å². The van der Waals surface area contributed by atoms with Crippen LogP contribution < -0.4 is 21.3 Å². The lowest BCUT2D eigenvalue weighted by Crippen LogP contribution is -2.40. The molecule has 0 aliphatic heterocycles. The highest BCUT2D eigenvalue weighted by molar-refractivity contribution is 14.1. The molecule has 0 saturated heterocycles. The maximum atomic E-state index is 13.6. The van der Waals surface area contributed by atoms with Gasteiger partial charge < -0.3 is 10.1 Å². The first-order valence-electron chi connectivity index (χ1n) is 11.0. The number of amides is 1. The van der Waals surface area contributed by atoms with E-state index >= 15 is 0 Å². The summed E-state index contributed by atoms with van der Waals surface area (Å²) in [7, 11) is 1.56. The van der Waals surface area contributed by atoms with Crippen LogP contribution in [0, 0.1) is 3.57 Å². The van der Waals surface area contributed by atoms with Crippen LogP contribution in [0.15, 0.2) is 58.1 Å². The molecule has 0 bridgehead atoms. The van der Waals surface area contributed by atoms with E-state index in [1.807, 2.05) is 24.3 Å². The van der Waals surface area contributed by atoms with Crippen molar-refractivity contribution in [3.05, 3.63) is 83.4 Å². The molecule has 0 spiro atoms. The number of aryl methyl sites for hydroxylation is 2. The summed E-state index contributed by atoms with van der Waals surface area (Å²) in [6.07, 6.45) is 3.76. The molecule has 4 aromatic rings. The van der Waals surface area contributed by atoms with E-state index in [9.17, 15) is 14.4 Å². The van der Waals surface area contributed by atoms with Gasteiger partial charge in [-0.1, -0.05) is 12.1 Å². The molecule has 0 fully saturated rings. The molecule has 2 aromatic carbocycles. The van der Waals surface area contributed by atoms with Crippen molar-refractivity contribution in [3.63, 3.8) is 0 Å². The molecular formula is C25H22IN3O4S. The first kappa shape index (κ1) is 22.9. The maximum absolute atomic E-state index is 13.6. The molecule has 0 saturated carbocycles. The van der Waals surface area contributed by atoms with Gasteiger partial charge in [-0.25, -0.2) is 9.36 Å². The molecule has 9 heteroatoms. The Morgan fingerprint density at radius 3 is 2.56 bits per heavy atom. The number of hydrogen-bond acceptors (Lipinski definition) is 5. The summed E-state index contributed by atoms with van der Waals surface area (Å²) in [6, 6.07) is 14.3. The van der Waals surface area contributed by atoms with Gasteiger partial charge in [0.15, 0.2) is 0 Å². The molecule has 1 aliphatic carbocycles. The van der Waals surface area contributed by atoms with Crippen molar-refractivity contribution in [2.45, 2.75) is 32.2 Å². The Hall–Kier alpha value is -2.92. The fraction of sp³-hybridized carbons (Fsp3) is 0.240. The SMILES string of the molecule is COc1ccc(-n2c(=O)c3c4c(sc3n(CC(=O)Nc3ccccc3I)c2=O)CCCC4)cc1. The summed E-state index contributed by atoms with van der Waals surface area (Å²) in [5.74, 6) is 0.307. The molecule has 0 atom stereocenters. The second-order valence-corrected chi connectivity index (χ2v) is 10.4. The van der Waals surface area contributed by atoms with Crippen LogP contribution in [0.3, 0.4) is 0 Å². The van der Waals surface area contributed by atoms with Crippen LogP contribution in [0.5, 0.6) is 5.75 Å². The monoisotopic (exact) mass is 587 g/mol. The quantitative estimate of drug-likeness (QED) is 0.353. The third kappa shape index (κ3) is 4.07. The average Bonchev–Trinajstić information content (AvgIpc) is 3.23. The highest BCUT2D eigenvalue weighted by Gasteiger charge is 2.25. The van der Waals surface area contributed by atoms with E-state index in [1.54, 1.807) is 31.4 Å². The van der Waals surface area contributed by atoms with Crippen molar-refractivity contribution in [2.24, 2.45) is 0 Å². The third-order valence-corrected chi connectivity index (χ3v) is 8.27. The number of aromatic nitrogens is 2. The van der Waals surface area contributed by atoms with Gasteiger partial charge in [-0.3, -0.25) is 14.2 Å². The lowest BCUT2D eigenvalue weighted by Gasteiger charge is -2.14. The van der Waals surface area contributed by atoms with Crippen molar-refractivity contribution in [3.8, 4) is 11.4 Å². The van der Waals surface area contributed by atoms with E-state index in [1.165, 1.54) is 20.5 Å². The number of para-hydroxylation sites is 1. The normalized spacial score (nSPS) is 13.0. The molecule has 1 amide bonds. The van der Waals surface area contributed by atoms with Gasteiger partial charge in [0.05, 0.1) is 23.9 Å². The van der Waals surface area contributed by atoms with Crippen LogP contribution in [0.25, 0.3) is 15.9 Å². The van der Waals surface area contributed by atoms with E-state index in [0.29, 0.717) is 27.3 Å². The van der Waals surface area contributed by atoms with Crippen molar-refractivity contribution in [2.75, 3.05) is 12.4 Å². The van der Waals surface area contributed by atoms with Gasteiger partial charge in [0.25, 0.3) is 5.56 Å². The molecule has 34 heavy (non-hydrogen) atoms. The molecule has 1 N–H and O–H groups in total. The van der Waals surface area contributed by atoms with Gasteiger partial charge in [0.1, 0.15) is 17.1 Å². The molecule has 0 radical (unpaired) electrons. The Morgan fingerprint density at radius 2 is 1.82 bits per heavy atom. The number of halogens is 1. The minimum Gasteiger partial charge on any atom is -0.497 e. The summed E-state index contributed by atoms with van der Waals surface area (Å²) >= 11 is 3.62. The predicted octanol–water partition coefficient (Wildman–Crippen LogP) is 4.34. The topological polar surface area (TPSA) is 82.3 Å². The first-order valence-corrected chi connectivity index (χ1v) is 12.9. The van der Waals surface area contributed by atoms with Crippen LogP contribution >= 0.6 is 33.9 Å². The van der Waals surface area contributed by atoms with Crippen LogP contribution in [0.2, 0.25) is 0 Å². The van der Waals surface area contributed by atoms with Gasteiger partial charge in [0.2, 0.25) is 5.91 Å². The first-order chi connectivity index (χ1) is 16.5. The van der Waals surface area contributed by atoms with Crippen molar-refractivity contribution in [1.82, 2.24) is 9.13 Å². The lowest BCUT2D eigenvalue weighted by molar-refractivity contribution is -0.116. The number of nitrogens with zero attached hydrogens (tertiary/aromatic N) is 2. The second-order valence-electron chi connectivity index (χ2n) is 8.13. The number of ether oxygens (including phenoxy) is 1. The number of fused-ring (bicyclic) bond motifs is 3. The highest BCUT2D eigenvalue weighted by Crippen LogP contribution is 2.34. The molecule has 2 heterocycles. The average molecular weight is 587 g/mol. The van der Waals surface area contributed by atoms with E-state index in [2.05, 4.69) is 27.9 Å². The van der Waals surface area contributed by atoms with Gasteiger partial charge >= 0.3 is 5.69 Å². The van der Waals surface area contributed by atoms with Crippen LogP contribution in [-0.4, -0.2) is 22.2 Å². The van der Waals surface area contributed by atoms with Gasteiger partial charge in [-0.2, -0.15) is 0 Å². The Kier molecular flexibility index (Phi) is 6.30. The number of methoxy groups -OCH3 is 1. The zero-order valence-electron chi connectivity index (χ0n) is 18.5. The molecule has 1 aliphatic rings. The summed E-state index contributed by atoms with van der Waals surface area (Å²) in [4.78, 5) is 42.0. The van der Waals surface area contributed by atoms with Crippen LogP contribution in [0.1, 0.15) is 23.3 Å². The number of nitrogens with one attached hydrogen (secondary N) is 1. The van der Waals surface area contributed by atoms with Crippen LogP contribution in [0.4, 0.5) is 5.69 Å². The fourth-order valence-electron chi connectivity index (χ4n) is 4.36.